The highest BCUT2D eigenvalue weighted by molar-refractivity contribution is 5.93. The van der Waals surface area contributed by atoms with Gasteiger partial charge in [0.25, 0.3) is 0 Å². The quantitative estimate of drug-likeness (QED) is 0.516. The molecule has 0 saturated carbocycles. The fourth-order valence-electron chi connectivity index (χ4n) is 0.709. The molecule has 1 aliphatic heterocycles. The summed E-state index contributed by atoms with van der Waals surface area (Å²) in [6.45, 7) is 6.04. The molecule has 9 heavy (non-hydrogen) atoms. The summed E-state index contributed by atoms with van der Waals surface area (Å²) in [5.41, 5.74) is 0.914. The minimum atomic E-state index is 0.151. The highest BCUT2D eigenvalue weighted by atomic mass is 16.1. The van der Waals surface area contributed by atoms with Gasteiger partial charge in [0.15, 0.2) is 5.78 Å². The molecule has 1 heterocycles. The van der Waals surface area contributed by atoms with Gasteiger partial charge in [-0.2, -0.15) is 0 Å². The Labute approximate surface area is 54.5 Å². The summed E-state index contributed by atoms with van der Waals surface area (Å²) in [5.74, 6) is 0.151. The van der Waals surface area contributed by atoms with Crippen LogP contribution in [0.5, 0.6) is 0 Å². The van der Waals surface area contributed by atoms with Crippen molar-refractivity contribution in [3.63, 3.8) is 0 Å². The van der Waals surface area contributed by atoms with Crippen molar-refractivity contribution >= 4 is 5.78 Å². The van der Waals surface area contributed by atoms with Crippen LogP contribution in [0.4, 0.5) is 0 Å². The predicted octanol–water partition coefficient (Wildman–Crippen LogP) is 0.918. The van der Waals surface area contributed by atoms with E-state index in [4.69, 9.17) is 0 Å². The Kier molecular flexibility index (Phi) is 1.39. The van der Waals surface area contributed by atoms with E-state index >= 15 is 0 Å². The molecule has 0 unspecified atom stereocenters. The third-order valence-corrected chi connectivity index (χ3v) is 1.26. The molecule has 1 rings (SSSR count). The molecule has 0 aromatic rings. The molecule has 1 aliphatic rings. The number of rotatable bonds is 1. The van der Waals surface area contributed by atoms with Crippen LogP contribution in [0.3, 0.4) is 0 Å². The van der Waals surface area contributed by atoms with Gasteiger partial charge in [-0.3, -0.25) is 4.79 Å². The maximum absolute atomic E-state index is 10.6. The number of carbonyl (C=O) groups excluding carboxylic acids is 1. The van der Waals surface area contributed by atoms with Crippen molar-refractivity contribution in [1.82, 2.24) is 4.90 Å². The van der Waals surface area contributed by atoms with Crippen LogP contribution in [-0.4, -0.2) is 17.2 Å². The van der Waals surface area contributed by atoms with Crippen molar-refractivity contribution in [2.45, 2.75) is 6.92 Å². The van der Waals surface area contributed by atoms with Crippen LogP contribution in [0.2, 0.25) is 0 Å². The van der Waals surface area contributed by atoms with Crippen LogP contribution in [0, 0.1) is 0 Å². The number of ketones is 1. The van der Waals surface area contributed by atoms with Gasteiger partial charge in [-0.05, 0) is 13.0 Å². The normalized spacial score (nSPS) is 17.0. The first-order valence-electron chi connectivity index (χ1n) is 2.83. The van der Waals surface area contributed by atoms with Crippen molar-refractivity contribution in [3.8, 4) is 0 Å². The maximum Gasteiger partial charge on any atom is 0.176 e. The molecule has 0 bridgehead atoms. The summed E-state index contributed by atoms with van der Waals surface area (Å²) in [5, 5.41) is 0. The molecule has 0 aromatic heterocycles. The standard InChI is InChI=1S/C7H9NO/c1-6(2)8-4-3-7(9)5-8/h3-4H,1,5H2,2H3. The molecule has 0 fully saturated rings. The second-order valence-electron chi connectivity index (χ2n) is 2.15. The minimum absolute atomic E-state index is 0.151. The minimum Gasteiger partial charge on any atom is -0.344 e. The molecule has 48 valence electrons. The van der Waals surface area contributed by atoms with E-state index in [0.717, 1.165) is 5.70 Å². The van der Waals surface area contributed by atoms with Crippen LogP contribution >= 0.6 is 0 Å². The molecule has 0 N–H and O–H groups in total. The second-order valence-corrected chi connectivity index (χ2v) is 2.15. The summed E-state index contributed by atoms with van der Waals surface area (Å²) in [7, 11) is 0. The zero-order chi connectivity index (χ0) is 6.85. The van der Waals surface area contributed by atoms with Gasteiger partial charge in [0.05, 0.1) is 6.54 Å². The summed E-state index contributed by atoms with van der Waals surface area (Å²) in [6, 6.07) is 0. The second kappa shape index (κ2) is 2.05. The number of carbonyl (C=O) groups is 1. The van der Waals surface area contributed by atoms with E-state index in [9.17, 15) is 4.79 Å². The number of hydrogen-bond donors (Lipinski definition) is 0. The lowest BCUT2D eigenvalue weighted by atomic mass is 10.4. The van der Waals surface area contributed by atoms with E-state index in [-0.39, 0.29) is 5.78 Å². The van der Waals surface area contributed by atoms with E-state index in [1.807, 2.05) is 11.8 Å². The molecule has 0 atom stereocenters. The largest absolute Gasteiger partial charge is 0.344 e. The van der Waals surface area contributed by atoms with Gasteiger partial charge in [0.2, 0.25) is 0 Å². The van der Waals surface area contributed by atoms with Gasteiger partial charge in [-0.25, -0.2) is 0 Å². The fraction of sp³-hybridized carbons (Fsp3) is 0.286. The van der Waals surface area contributed by atoms with E-state index in [1.165, 1.54) is 0 Å². The molecule has 2 nitrogen and oxygen atoms in total. The summed E-state index contributed by atoms with van der Waals surface area (Å²) >= 11 is 0. The van der Waals surface area contributed by atoms with Gasteiger partial charge in [0, 0.05) is 11.9 Å². The van der Waals surface area contributed by atoms with Gasteiger partial charge in [-0.15, -0.1) is 0 Å². The average Bonchev–Trinajstić information content (AvgIpc) is 2.14. The van der Waals surface area contributed by atoms with Crippen molar-refractivity contribution in [3.05, 3.63) is 24.6 Å². The van der Waals surface area contributed by atoms with Crippen molar-refractivity contribution in [1.29, 1.82) is 0 Å². The molecular formula is C7H9NO. The smallest absolute Gasteiger partial charge is 0.176 e. The van der Waals surface area contributed by atoms with Crippen molar-refractivity contribution < 1.29 is 4.79 Å². The van der Waals surface area contributed by atoms with Crippen LogP contribution in [0.25, 0.3) is 0 Å². The molecule has 0 amide bonds. The summed E-state index contributed by atoms with van der Waals surface area (Å²) in [4.78, 5) is 12.4. The molecule has 0 radical (unpaired) electrons. The SMILES string of the molecule is C=C(C)N1C=CC(=O)C1. The number of allylic oxidation sites excluding steroid dienone is 1. The van der Waals surface area contributed by atoms with Crippen molar-refractivity contribution in [2.75, 3.05) is 6.54 Å². The Morgan fingerprint density at radius 3 is 2.78 bits per heavy atom. The fourth-order valence-corrected chi connectivity index (χ4v) is 0.709. The first-order valence-corrected chi connectivity index (χ1v) is 2.83. The van der Waals surface area contributed by atoms with Crippen LogP contribution in [0.15, 0.2) is 24.6 Å². The Bertz CT molecular complexity index is 181. The van der Waals surface area contributed by atoms with Gasteiger partial charge in [-0.1, -0.05) is 6.58 Å². The zero-order valence-corrected chi connectivity index (χ0v) is 5.42. The Morgan fingerprint density at radius 2 is 2.56 bits per heavy atom. The monoisotopic (exact) mass is 123 g/mol. The summed E-state index contributed by atoms with van der Waals surface area (Å²) in [6.07, 6.45) is 3.32. The first-order chi connectivity index (χ1) is 4.20. The lowest BCUT2D eigenvalue weighted by molar-refractivity contribution is -0.113. The predicted molar refractivity (Wildman–Crippen MR) is 35.7 cm³/mol. The number of nitrogens with zero attached hydrogens (tertiary/aromatic N) is 1. The Morgan fingerprint density at radius 1 is 1.89 bits per heavy atom. The lowest BCUT2D eigenvalue weighted by Crippen LogP contribution is -2.14. The molecule has 2 heteroatoms. The van der Waals surface area contributed by atoms with Crippen molar-refractivity contribution in [2.24, 2.45) is 0 Å². The Hall–Kier alpha value is -1.05. The third-order valence-electron chi connectivity index (χ3n) is 1.26. The molecule has 0 aliphatic carbocycles. The molecule has 0 saturated heterocycles. The van der Waals surface area contributed by atoms with E-state index in [2.05, 4.69) is 6.58 Å². The topological polar surface area (TPSA) is 20.3 Å². The third kappa shape index (κ3) is 1.19. The van der Waals surface area contributed by atoms with Gasteiger partial charge in [0.1, 0.15) is 0 Å². The molecular weight excluding hydrogens is 114 g/mol. The highest BCUT2D eigenvalue weighted by Gasteiger charge is 2.10. The lowest BCUT2D eigenvalue weighted by Gasteiger charge is -2.12. The maximum atomic E-state index is 10.6. The van der Waals surface area contributed by atoms with Gasteiger partial charge < -0.3 is 4.90 Å². The molecule has 0 aromatic carbocycles. The Balaban J connectivity index is 2.60. The van der Waals surface area contributed by atoms with Crippen LogP contribution < -0.4 is 0 Å². The van der Waals surface area contributed by atoms with Crippen LogP contribution in [-0.2, 0) is 4.79 Å². The van der Waals surface area contributed by atoms with Crippen LogP contribution in [0.1, 0.15) is 6.92 Å². The average molecular weight is 123 g/mol. The number of hydrogen-bond acceptors (Lipinski definition) is 2. The summed E-state index contributed by atoms with van der Waals surface area (Å²) < 4.78 is 0. The highest BCUT2D eigenvalue weighted by Crippen LogP contribution is 2.06. The zero-order valence-electron chi connectivity index (χ0n) is 5.42. The van der Waals surface area contributed by atoms with E-state index in [0.29, 0.717) is 6.54 Å². The van der Waals surface area contributed by atoms with E-state index in [1.54, 1.807) is 12.3 Å². The van der Waals surface area contributed by atoms with E-state index < -0.39 is 0 Å². The first kappa shape index (κ1) is 6.08. The van der Waals surface area contributed by atoms with Gasteiger partial charge >= 0.3 is 0 Å². The molecule has 0 spiro atoms.